The summed E-state index contributed by atoms with van der Waals surface area (Å²) < 4.78 is 15.4. The highest BCUT2D eigenvalue weighted by Crippen LogP contribution is 2.58. The first-order chi connectivity index (χ1) is 15.9. The predicted molar refractivity (Wildman–Crippen MR) is 126 cm³/mol. The normalized spacial score (nSPS) is 23.8. The second kappa shape index (κ2) is 7.88. The molecule has 2 aromatic rings. The summed E-state index contributed by atoms with van der Waals surface area (Å²) in [6.07, 6.45) is 7.33. The highest BCUT2D eigenvalue weighted by Gasteiger charge is 2.75. The SMILES string of the molecule is CC[N+]12C=C1C2/N=C(\C=N)NC(C)c1cc(NC(=O)c2cnc(C3CC3)c(C)c2)ccc1F. The van der Waals surface area contributed by atoms with Crippen LogP contribution >= 0.6 is 0 Å². The molecule has 1 saturated carbocycles. The summed E-state index contributed by atoms with van der Waals surface area (Å²) in [6, 6.07) is 5.93. The number of quaternary nitrogens is 1. The lowest BCUT2D eigenvalue weighted by atomic mass is 10.1. The fraction of sp³-hybridized carbons (Fsp3) is 0.360. The molecule has 8 heteroatoms. The van der Waals surface area contributed by atoms with Gasteiger partial charge in [-0.05, 0) is 63.4 Å². The zero-order valence-electron chi connectivity index (χ0n) is 19.0. The summed E-state index contributed by atoms with van der Waals surface area (Å²) in [6.45, 7) is 6.85. The van der Waals surface area contributed by atoms with Crippen LogP contribution in [-0.4, -0.2) is 40.1 Å². The summed E-state index contributed by atoms with van der Waals surface area (Å²) in [7, 11) is 0. The average Bonchev–Trinajstić information content (AvgIpc) is 3.70. The second-order valence-corrected chi connectivity index (χ2v) is 9.09. The summed E-state index contributed by atoms with van der Waals surface area (Å²) in [5, 5.41) is 13.7. The van der Waals surface area contributed by atoms with Crippen LogP contribution in [0.3, 0.4) is 0 Å². The molecule has 1 aromatic heterocycles. The average molecular weight is 448 g/mol. The van der Waals surface area contributed by atoms with Gasteiger partial charge in [0.15, 0.2) is 6.20 Å². The number of amides is 1. The topological polar surface area (TPSA) is 90.2 Å². The predicted octanol–water partition coefficient (Wildman–Crippen LogP) is 4.39. The Labute approximate surface area is 192 Å². The zero-order valence-corrected chi connectivity index (χ0v) is 19.0. The third-order valence-corrected chi connectivity index (χ3v) is 6.76. The third-order valence-electron chi connectivity index (χ3n) is 6.76. The van der Waals surface area contributed by atoms with Gasteiger partial charge in [0.25, 0.3) is 17.8 Å². The van der Waals surface area contributed by atoms with E-state index in [0.29, 0.717) is 28.6 Å². The number of benzene rings is 1. The minimum Gasteiger partial charge on any atom is -0.362 e. The summed E-state index contributed by atoms with van der Waals surface area (Å²) in [5.74, 6) is 0.273. The van der Waals surface area contributed by atoms with Crippen LogP contribution in [0.2, 0.25) is 0 Å². The van der Waals surface area contributed by atoms with E-state index >= 15 is 0 Å². The van der Waals surface area contributed by atoms with Crippen molar-refractivity contribution < 1.29 is 13.7 Å². The first kappa shape index (κ1) is 21.5. The largest absolute Gasteiger partial charge is 0.362 e. The maximum atomic E-state index is 14.6. The van der Waals surface area contributed by atoms with Crippen LogP contribution in [0.5, 0.6) is 0 Å². The quantitative estimate of drug-likeness (QED) is 0.243. The molecule has 2 fully saturated rings. The van der Waals surface area contributed by atoms with E-state index in [4.69, 9.17) is 5.41 Å². The number of likely N-dealkylation sites (N-methyl/N-ethyl adjacent to an activating group) is 1. The highest BCUT2D eigenvalue weighted by molar-refractivity contribution is 6.28. The van der Waals surface area contributed by atoms with Gasteiger partial charge in [-0.1, -0.05) is 0 Å². The molecule has 0 radical (unpaired) electrons. The molecule has 7 nitrogen and oxygen atoms in total. The molecular weight excluding hydrogens is 419 g/mol. The van der Waals surface area contributed by atoms with Gasteiger partial charge in [0.05, 0.1) is 24.4 Å². The molecule has 3 N–H and O–H groups in total. The molecule has 3 heterocycles. The number of anilines is 1. The Balaban J connectivity index is 1.28. The third kappa shape index (κ3) is 3.95. The number of aryl methyl sites for hydroxylation is 1. The summed E-state index contributed by atoms with van der Waals surface area (Å²) in [4.78, 5) is 21.8. The molecule has 1 amide bonds. The minimum atomic E-state index is -0.432. The van der Waals surface area contributed by atoms with Gasteiger partial charge in [-0.25, -0.2) is 8.87 Å². The highest BCUT2D eigenvalue weighted by atomic mass is 19.1. The molecule has 1 saturated heterocycles. The monoisotopic (exact) mass is 447 g/mol. The molecule has 2 aliphatic heterocycles. The number of fused-ring (bicyclic) bond motifs is 1. The van der Waals surface area contributed by atoms with E-state index in [-0.39, 0.29) is 17.9 Å². The van der Waals surface area contributed by atoms with E-state index < -0.39 is 6.04 Å². The number of pyridine rings is 1. The number of carbonyl (C=O) groups excluding carboxylic acids is 1. The van der Waals surface area contributed by atoms with E-state index in [1.807, 2.05) is 19.9 Å². The molecule has 5 rings (SSSR count). The van der Waals surface area contributed by atoms with Gasteiger partial charge in [-0.2, -0.15) is 4.99 Å². The Morgan fingerprint density at radius 2 is 2.18 bits per heavy atom. The van der Waals surface area contributed by atoms with Crippen molar-refractivity contribution in [3.8, 4) is 0 Å². The number of amidine groups is 1. The Morgan fingerprint density at radius 3 is 2.79 bits per heavy atom. The number of nitrogens with one attached hydrogen (secondary N) is 3. The maximum absolute atomic E-state index is 14.6. The van der Waals surface area contributed by atoms with Gasteiger partial charge < -0.3 is 16.0 Å². The van der Waals surface area contributed by atoms with E-state index in [2.05, 4.69) is 33.7 Å². The van der Waals surface area contributed by atoms with Crippen molar-refractivity contribution in [2.75, 3.05) is 11.9 Å². The van der Waals surface area contributed by atoms with Crippen LogP contribution in [0.1, 0.15) is 65.8 Å². The van der Waals surface area contributed by atoms with Gasteiger partial charge >= 0.3 is 0 Å². The molecule has 3 unspecified atom stereocenters. The molecule has 170 valence electrons. The smallest absolute Gasteiger partial charge is 0.275 e. The number of hydrogen-bond donors (Lipinski definition) is 3. The minimum absolute atomic E-state index is 0.0881. The Morgan fingerprint density at radius 1 is 1.39 bits per heavy atom. The van der Waals surface area contributed by atoms with E-state index in [1.165, 1.54) is 11.8 Å². The van der Waals surface area contributed by atoms with E-state index in [0.717, 1.165) is 41.3 Å². The number of carbonyl (C=O) groups is 1. The Kier molecular flexibility index (Phi) is 5.12. The van der Waals surface area contributed by atoms with Crippen molar-refractivity contribution in [1.29, 1.82) is 5.41 Å². The number of nitrogens with zero attached hydrogens (tertiary/aromatic N) is 3. The van der Waals surface area contributed by atoms with Crippen molar-refractivity contribution in [1.82, 2.24) is 10.3 Å². The molecular formula is C25H28FN6O+. The summed E-state index contributed by atoms with van der Waals surface area (Å²) >= 11 is 0. The maximum Gasteiger partial charge on any atom is 0.275 e. The van der Waals surface area contributed by atoms with Gasteiger partial charge in [-0.15, -0.1) is 0 Å². The fourth-order valence-corrected chi connectivity index (χ4v) is 4.42. The first-order valence-corrected chi connectivity index (χ1v) is 11.4. The standard InChI is InChI=1S/C25H27FN6O/c1-4-32-13-21(32)24(32)31-22(11-27)29-15(3)19-10-18(7-8-20(19)26)30-25(33)17-9-14(2)23(28-12-17)16-5-6-16/h7-13,15-16,24,27H,4-6H2,1-3H3,(H-,29,30,31,33)/p+1. The number of halogens is 1. The Bertz CT molecular complexity index is 1220. The lowest BCUT2D eigenvalue weighted by Gasteiger charge is -2.17. The van der Waals surface area contributed by atoms with Gasteiger partial charge in [0.2, 0.25) is 0 Å². The molecule has 3 atom stereocenters. The zero-order chi connectivity index (χ0) is 23.3. The molecule has 3 aliphatic rings. The lowest BCUT2D eigenvalue weighted by Crippen LogP contribution is -2.30. The molecule has 33 heavy (non-hydrogen) atoms. The lowest BCUT2D eigenvalue weighted by molar-refractivity contribution is -0.689. The van der Waals surface area contributed by atoms with Crippen molar-refractivity contribution in [2.45, 2.75) is 51.7 Å². The Hall–Kier alpha value is -3.39. The molecule has 1 aromatic carbocycles. The van der Waals surface area contributed by atoms with E-state index in [9.17, 15) is 9.18 Å². The van der Waals surface area contributed by atoms with E-state index in [1.54, 1.807) is 18.3 Å². The number of aliphatic imine (C=N–C) groups is 1. The van der Waals surface area contributed by atoms with Gasteiger partial charge in [-0.3, -0.25) is 9.78 Å². The molecule has 1 aliphatic carbocycles. The number of rotatable bonds is 8. The van der Waals surface area contributed by atoms with Crippen molar-refractivity contribution in [3.05, 3.63) is 70.6 Å². The van der Waals surface area contributed by atoms with Crippen LogP contribution in [0.25, 0.3) is 0 Å². The van der Waals surface area contributed by atoms with Crippen molar-refractivity contribution in [3.63, 3.8) is 0 Å². The van der Waals surface area contributed by atoms with Crippen LogP contribution in [0, 0.1) is 18.2 Å². The molecule has 0 spiro atoms. The van der Waals surface area contributed by atoms with Gasteiger partial charge in [0.1, 0.15) is 11.7 Å². The first-order valence-electron chi connectivity index (χ1n) is 11.4. The van der Waals surface area contributed by atoms with Crippen molar-refractivity contribution in [2.24, 2.45) is 4.99 Å². The van der Waals surface area contributed by atoms with Crippen LogP contribution in [-0.2, 0) is 0 Å². The van der Waals surface area contributed by atoms with Crippen LogP contribution < -0.4 is 10.6 Å². The second-order valence-electron chi connectivity index (χ2n) is 9.09. The van der Waals surface area contributed by atoms with Gasteiger partial charge in [0, 0.05) is 29.1 Å². The molecule has 0 bridgehead atoms. The summed E-state index contributed by atoms with van der Waals surface area (Å²) in [5.41, 5.74) is 4.74. The van der Waals surface area contributed by atoms with Crippen LogP contribution in [0.15, 0.2) is 47.4 Å². The number of aromatic nitrogens is 1. The fourth-order valence-electron chi connectivity index (χ4n) is 4.42. The van der Waals surface area contributed by atoms with Crippen molar-refractivity contribution >= 4 is 23.6 Å². The number of hydrogen-bond acceptors (Lipinski definition) is 4. The van der Waals surface area contributed by atoms with Crippen LogP contribution in [0.4, 0.5) is 10.1 Å².